The molecule has 168 valence electrons. The third-order valence-electron chi connectivity index (χ3n) is 4.91. The van der Waals surface area contributed by atoms with E-state index in [2.05, 4.69) is 4.72 Å². The molecule has 0 saturated heterocycles. The largest absolute Gasteiger partial charge is 0.507 e. The molecule has 8 nitrogen and oxygen atoms in total. The lowest BCUT2D eigenvalue weighted by Gasteiger charge is -2.32. The minimum absolute atomic E-state index is 0.0894. The van der Waals surface area contributed by atoms with Crippen molar-refractivity contribution in [2.45, 2.75) is 31.1 Å². The van der Waals surface area contributed by atoms with E-state index in [4.69, 9.17) is 9.84 Å². The number of benzene rings is 2. The van der Waals surface area contributed by atoms with E-state index in [1.807, 2.05) is 30.3 Å². The molecule has 1 aliphatic carbocycles. The van der Waals surface area contributed by atoms with Gasteiger partial charge in [-0.3, -0.25) is 4.72 Å². The number of hydrogen-bond acceptors (Lipinski definition) is 6. The van der Waals surface area contributed by atoms with Crippen molar-refractivity contribution < 1.29 is 33.0 Å². The highest BCUT2D eigenvalue weighted by molar-refractivity contribution is 7.95. The number of sulfonamides is 1. The number of hydrogen-bond donors (Lipinski definition) is 3. The van der Waals surface area contributed by atoms with Crippen molar-refractivity contribution in [3.8, 4) is 5.75 Å². The van der Waals surface area contributed by atoms with Gasteiger partial charge in [0.05, 0.1) is 11.8 Å². The predicted molar refractivity (Wildman–Crippen MR) is 120 cm³/mol. The molecule has 3 rings (SSSR count). The second kappa shape index (κ2) is 8.88. The maximum absolute atomic E-state index is 13.5. The van der Waals surface area contributed by atoms with E-state index >= 15 is 0 Å². The van der Waals surface area contributed by atoms with Crippen molar-refractivity contribution in [3.05, 3.63) is 77.9 Å². The van der Waals surface area contributed by atoms with Crippen LogP contribution in [0.25, 0.3) is 5.57 Å². The van der Waals surface area contributed by atoms with Crippen molar-refractivity contribution in [2.24, 2.45) is 0 Å². The number of esters is 1. The zero-order chi connectivity index (χ0) is 23.5. The molecule has 0 amide bonds. The predicted octanol–water partition coefficient (Wildman–Crippen LogP) is 3.57. The van der Waals surface area contributed by atoms with Crippen LogP contribution >= 0.6 is 0 Å². The number of phenols is 1. The number of ether oxygens (including phenoxy) is 1. The van der Waals surface area contributed by atoms with Crippen LogP contribution in [0.5, 0.6) is 5.75 Å². The number of aromatic hydroxyl groups is 1. The Morgan fingerprint density at radius 1 is 1.12 bits per heavy atom. The molecule has 0 aromatic heterocycles. The maximum Gasteiger partial charge on any atom is 0.339 e. The Hall–Kier alpha value is -3.59. The van der Waals surface area contributed by atoms with Crippen molar-refractivity contribution >= 4 is 33.2 Å². The minimum Gasteiger partial charge on any atom is -0.507 e. The number of carboxylic acid groups (broad SMARTS) is 1. The lowest BCUT2D eigenvalue weighted by atomic mass is 9.89. The van der Waals surface area contributed by atoms with Crippen molar-refractivity contribution in [1.29, 1.82) is 0 Å². The number of carbonyl (C=O) groups excluding carboxylic acids is 1. The fraction of sp³-hybridized carbons (Fsp3) is 0.217. The van der Waals surface area contributed by atoms with E-state index in [9.17, 15) is 23.1 Å². The van der Waals surface area contributed by atoms with Crippen LogP contribution < -0.4 is 4.72 Å². The van der Waals surface area contributed by atoms with Gasteiger partial charge in [-0.2, -0.15) is 0 Å². The van der Waals surface area contributed by atoms with E-state index in [1.54, 1.807) is 19.9 Å². The number of anilines is 1. The van der Waals surface area contributed by atoms with Crippen LogP contribution in [-0.4, -0.2) is 41.4 Å². The lowest BCUT2D eigenvalue weighted by Crippen LogP contribution is -2.50. The van der Waals surface area contributed by atoms with Crippen LogP contribution in [0, 0.1) is 0 Å². The van der Waals surface area contributed by atoms with Gasteiger partial charge in [0.1, 0.15) is 11.3 Å². The van der Waals surface area contributed by atoms with Crippen LogP contribution in [0.4, 0.5) is 5.69 Å². The molecule has 0 saturated carbocycles. The van der Waals surface area contributed by atoms with Gasteiger partial charge in [0.25, 0.3) is 10.0 Å². The zero-order valence-electron chi connectivity index (χ0n) is 17.5. The second-order valence-electron chi connectivity index (χ2n) is 7.58. The Kier molecular flexibility index (Phi) is 6.40. The monoisotopic (exact) mass is 457 g/mol. The number of allylic oxidation sites excluding steroid dienone is 3. The Morgan fingerprint density at radius 3 is 2.41 bits per heavy atom. The molecule has 0 spiro atoms. The number of carbonyl (C=O) groups is 2. The fourth-order valence-electron chi connectivity index (χ4n) is 3.34. The molecule has 0 fully saturated rings. The molecule has 0 aliphatic heterocycles. The molecule has 2 aromatic rings. The number of rotatable bonds is 7. The highest BCUT2D eigenvalue weighted by Gasteiger charge is 2.52. The summed E-state index contributed by atoms with van der Waals surface area (Å²) in [7, 11) is -4.44. The summed E-state index contributed by atoms with van der Waals surface area (Å²) in [6, 6.07) is 12.3. The highest BCUT2D eigenvalue weighted by Crippen LogP contribution is 2.38. The average molecular weight is 458 g/mol. The molecule has 1 aliphatic rings. The molecule has 0 radical (unpaired) electrons. The van der Waals surface area contributed by atoms with E-state index in [-0.39, 0.29) is 17.7 Å². The van der Waals surface area contributed by atoms with Crippen molar-refractivity contribution in [2.75, 3.05) is 4.72 Å². The first-order chi connectivity index (χ1) is 15.1. The summed E-state index contributed by atoms with van der Waals surface area (Å²) in [6.45, 7) is 3.24. The van der Waals surface area contributed by atoms with Gasteiger partial charge in [0, 0.05) is 12.5 Å². The zero-order valence-corrected chi connectivity index (χ0v) is 18.3. The summed E-state index contributed by atoms with van der Waals surface area (Å²) < 4.78 is 32.6. The molecule has 0 bridgehead atoms. The topological polar surface area (TPSA) is 130 Å². The van der Waals surface area contributed by atoms with Gasteiger partial charge in [0.2, 0.25) is 4.75 Å². The van der Waals surface area contributed by atoms with Gasteiger partial charge < -0.3 is 14.9 Å². The van der Waals surface area contributed by atoms with E-state index < -0.39 is 38.6 Å². The summed E-state index contributed by atoms with van der Waals surface area (Å²) in [5.74, 6) is -2.91. The van der Waals surface area contributed by atoms with Gasteiger partial charge in [-0.1, -0.05) is 48.6 Å². The summed E-state index contributed by atoms with van der Waals surface area (Å²) in [6.07, 6.45) is 3.79. The second-order valence-corrected chi connectivity index (χ2v) is 9.52. The first-order valence-electron chi connectivity index (χ1n) is 9.79. The molecular formula is C23H23NO7S. The average Bonchev–Trinajstić information content (AvgIpc) is 2.73. The molecule has 2 aromatic carbocycles. The highest BCUT2D eigenvalue weighted by atomic mass is 32.2. The van der Waals surface area contributed by atoms with Crippen LogP contribution in [0.15, 0.2) is 66.8 Å². The lowest BCUT2D eigenvalue weighted by molar-refractivity contribution is -0.149. The van der Waals surface area contributed by atoms with Crippen molar-refractivity contribution in [3.63, 3.8) is 0 Å². The molecular weight excluding hydrogens is 434 g/mol. The minimum atomic E-state index is -4.44. The molecule has 9 heteroatoms. The Morgan fingerprint density at radius 2 is 1.81 bits per heavy atom. The van der Waals surface area contributed by atoms with Crippen LogP contribution in [0.2, 0.25) is 0 Å². The molecule has 1 atom stereocenters. The molecule has 32 heavy (non-hydrogen) atoms. The van der Waals surface area contributed by atoms with Crippen LogP contribution in [0.1, 0.15) is 36.2 Å². The molecule has 1 unspecified atom stereocenters. The standard InChI is InChI=1S/C23H23NO7S/c1-15(2)31-22(28)23(12-6-9-17(14-23)16-7-4-3-5-8-16)32(29,30)24-18-10-11-19(21(26)27)20(25)13-18/h3-13,15,24-25H,14H2,1-2H3,(H,26,27). The number of aromatic carboxylic acids is 1. The number of nitrogens with one attached hydrogen (secondary N) is 1. The fourth-order valence-corrected chi connectivity index (χ4v) is 4.83. The van der Waals surface area contributed by atoms with E-state index in [1.165, 1.54) is 18.2 Å². The third-order valence-corrected chi connectivity index (χ3v) is 6.82. The first kappa shape index (κ1) is 23.1. The Bertz CT molecular complexity index is 1200. The van der Waals surface area contributed by atoms with Crippen LogP contribution in [0.3, 0.4) is 0 Å². The SMILES string of the molecule is CC(C)OC(=O)C1(S(=O)(=O)Nc2ccc(C(=O)O)c(O)c2)C=CC=C(c2ccccc2)C1. The Balaban J connectivity index is 2.03. The van der Waals surface area contributed by atoms with E-state index in [0.717, 1.165) is 17.7 Å². The quantitative estimate of drug-likeness (QED) is 0.542. The van der Waals surface area contributed by atoms with Crippen LogP contribution in [-0.2, 0) is 19.6 Å². The van der Waals surface area contributed by atoms with Gasteiger partial charge in [-0.15, -0.1) is 0 Å². The summed E-state index contributed by atoms with van der Waals surface area (Å²) in [4.78, 5) is 24.2. The first-order valence-corrected chi connectivity index (χ1v) is 11.3. The normalized spacial score (nSPS) is 18.2. The number of carboxylic acids is 1. The molecule has 3 N–H and O–H groups in total. The van der Waals surface area contributed by atoms with Gasteiger partial charge in [0.15, 0.2) is 0 Å². The Labute approximate surface area is 185 Å². The van der Waals surface area contributed by atoms with Crippen molar-refractivity contribution in [1.82, 2.24) is 0 Å². The summed E-state index contributed by atoms with van der Waals surface area (Å²) >= 11 is 0. The summed E-state index contributed by atoms with van der Waals surface area (Å²) in [5.41, 5.74) is 0.919. The smallest absolute Gasteiger partial charge is 0.339 e. The van der Waals surface area contributed by atoms with Gasteiger partial charge >= 0.3 is 11.9 Å². The maximum atomic E-state index is 13.5. The molecule has 0 heterocycles. The summed E-state index contributed by atoms with van der Waals surface area (Å²) in [5, 5.41) is 19.0. The third kappa shape index (κ3) is 4.52. The van der Waals surface area contributed by atoms with E-state index in [0.29, 0.717) is 5.57 Å². The van der Waals surface area contributed by atoms with Gasteiger partial charge in [-0.05, 0) is 37.1 Å². The van der Waals surface area contributed by atoms with Gasteiger partial charge in [-0.25, -0.2) is 18.0 Å².